The minimum Gasteiger partial charge on any atom is -0.378 e. The van der Waals surface area contributed by atoms with E-state index in [1.807, 2.05) is 0 Å². The Labute approximate surface area is 179 Å². The number of hydrogen-bond acceptors (Lipinski definition) is 6. The molecule has 2 rings (SSSR count). The van der Waals surface area contributed by atoms with E-state index in [4.69, 9.17) is 14.2 Å². The zero-order valence-corrected chi connectivity index (χ0v) is 19.0. The van der Waals surface area contributed by atoms with Crippen molar-refractivity contribution in [1.82, 2.24) is 15.5 Å². The van der Waals surface area contributed by atoms with Gasteiger partial charge in [-0.1, -0.05) is 33.6 Å². The molecule has 3 N–H and O–H groups in total. The lowest BCUT2D eigenvalue weighted by Crippen LogP contribution is -2.60. The third-order valence-electron chi connectivity index (χ3n) is 6.04. The maximum Gasteiger partial charge on any atom is 0.318 e. The molecule has 0 bridgehead atoms. The average Bonchev–Trinajstić information content (AvgIpc) is 3.01. The van der Waals surface area contributed by atoms with Crippen molar-refractivity contribution in [2.75, 3.05) is 40.0 Å². The summed E-state index contributed by atoms with van der Waals surface area (Å²) >= 11 is 0. The number of nitrogens with one attached hydrogen (secondary N) is 2. The predicted molar refractivity (Wildman–Crippen MR) is 112 cm³/mol. The molecule has 0 saturated carbocycles. The van der Waals surface area contributed by atoms with Gasteiger partial charge in [-0.25, -0.2) is 4.79 Å². The number of urea groups is 1. The van der Waals surface area contributed by atoms with Gasteiger partial charge in [0.25, 0.3) is 0 Å². The fourth-order valence-electron chi connectivity index (χ4n) is 4.00. The second-order valence-electron chi connectivity index (χ2n) is 9.12. The van der Waals surface area contributed by atoms with Crippen LogP contribution < -0.4 is 10.6 Å². The Bertz CT molecular complexity index is 581. The van der Waals surface area contributed by atoms with E-state index < -0.39 is 24.0 Å². The number of rotatable bonds is 9. The SMILES string of the molecule is CCCCC(C)(C)C[C@H](NC(=O)N1CCOCC1)C(=O)NC1[C@H](C)OCC1(O)OC. The second-order valence-corrected chi connectivity index (χ2v) is 9.12. The summed E-state index contributed by atoms with van der Waals surface area (Å²) in [7, 11) is 1.38. The monoisotopic (exact) mass is 429 g/mol. The van der Waals surface area contributed by atoms with Gasteiger partial charge in [0.15, 0.2) is 0 Å². The van der Waals surface area contributed by atoms with Gasteiger partial charge < -0.3 is 34.9 Å². The van der Waals surface area contributed by atoms with E-state index >= 15 is 0 Å². The topological polar surface area (TPSA) is 109 Å². The lowest BCUT2D eigenvalue weighted by molar-refractivity contribution is -0.194. The van der Waals surface area contributed by atoms with Crippen molar-refractivity contribution in [3.05, 3.63) is 0 Å². The first-order chi connectivity index (χ1) is 14.1. The van der Waals surface area contributed by atoms with E-state index in [0.717, 1.165) is 19.3 Å². The van der Waals surface area contributed by atoms with Gasteiger partial charge in [0.05, 0.1) is 19.3 Å². The number of methoxy groups -OCH3 is 1. The summed E-state index contributed by atoms with van der Waals surface area (Å²) in [6, 6.07) is -1.74. The van der Waals surface area contributed by atoms with Crippen LogP contribution in [-0.4, -0.2) is 85.9 Å². The van der Waals surface area contributed by atoms with Gasteiger partial charge in [-0.3, -0.25) is 4.79 Å². The molecular weight excluding hydrogens is 390 g/mol. The average molecular weight is 430 g/mol. The quantitative estimate of drug-likeness (QED) is 0.476. The fourth-order valence-corrected chi connectivity index (χ4v) is 4.00. The molecule has 0 aliphatic carbocycles. The van der Waals surface area contributed by atoms with Gasteiger partial charge in [0, 0.05) is 20.2 Å². The normalized spacial score (nSPS) is 28.3. The summed E-state index contributed by atoms with van der Waals surface area (Å²) in [6.45, 7) is 10.1. The van der Waals surface area contributed by atoms with Crippen molar-refractivity contribution in [2.24, 2.45) is 5.41 Å². The smallest absolute Gasteiger partial charge is 0.318 e. The van der Waals surface area contributed by atoms with Crippen LogP contribution in [-0.2, 0) is 19.0 Å². The van der Waals surface area contributed by atoms with Crippen LogP contribution in [0.25, 0.3) is 0 Å². The number of hydrogen-bond donors (Lipinski definition) is 3. The van der Waals surface area contributed by atoms with Gasteiger partial charge in [0.1, 0.15) is 18.7 Å². The van der Waals surface area contributed by atoms with Gasteiger partial charge in [0.2, 0.25) is 11.7 Å². The first kappa shape index (κ1) is 24.8. The highest BCUT2D eigenvalue weighted by Gasteiger charge is 2.49. The third kappa shape index (κ3) is 6.54. The highest BCUT2D eigenvalue weighted by molar-refractivity contribution is 5.87. The van der Waals surface area contributed by atoms with Crippen LogP contribution in [0.15, 0.2) is 0 Å². The maximum atomic E-state index is 13.2. The van der Waals surface area contributed by atoms with Crippen LogP contribution in [0.2, 0.25) is 0 Å². The predicted octanol–water partition coefficient (Wildman–Crippen LogP) is 1.24. The van der Waals surface area contributed by atoms with E-state index in [-0.39, 0.29) is 24.0 Å². The number of amides is 3. The maximum absolute atomic E-state index is 13.2. The van der Waals surface area contributed by atoms with Crippen molar-refractivity contribution < 1.29 is 28.9 Å². The first-order valence-corrected chi connectivity index (χ1v) is 10.9. The Hall–Kier alpha value is -1.42. The molecule has 0 radical (unpaired) electrons. The Kier molecular flexibility index (Phi) is 8.90. The van der Waals surface area contributed by atoms with Crippen molar-refractivity contribution >= 4 is 11.9 Å². The number of carbonyl (C=O) groups excluding carboxylic acids is 2. The van der Waals surface area contributed by atoms with E-state index in [1.165, 1.54) is 7.11 Å². The molecular formula is C21H39N3O6. The molecule has 2 fully saturated rings. The summed E-state index contributed by atoms with van der Waals surface area (Å²) in [6.07, 6.45) is 3.14. The van der Waals surface area contributed by atoms with Crippen LogP contribution >= 0.6 is 0 Å². The Morgan fingerprint density at radius 2 is 2.00 bits per heavy atom. The molecule has 0 aromatic heterocycles. The number of morpholine rings is 1. The first-order valence-electron chi connectivity index (χ1n) is 10.9. The highest BCUT2D eigenvalue weighted by atomic mass is 16.7. The molecule has 2 aliphatic rings. The highest BCUT2D eigenvalue weighted by Crippen LogP contribution is 2.30. The van der Waals surface area contributed by atoms with E-state index in [9.17, 15) is 14.7 Å². The molecule has 2 unspecified atom stereocenters. The van der Waals surface area contributed by atoms with Crippen LogP contribution in [0.5, 0.6) is 0 Å². The molecule has 0 aromatic carbocycles. The summed E-state index contributed by atoms with van der Waals surface area (Å²) in [5.74, 6) is -1.94. The van der Waals surface area contributed by atoms with Gasteiger partial charge in [-0.05, 0) is 25.2 Å². The van der Waals surface area contributed by atoms with Gasteiger partial charge in [-0.15, -0.1) is 0 Å². The summed E-state index contributed by atoms with van der Waals surface area (Å²) < 4.78 is 16.0. The van der Waals surface area contributed by atoms with E-state index in [1.54, 1.807) is 11.8 Å². The zero-order chi connectivity index (χ0) is 22.4. The molecule has 174 valence electrons. The summed E-state index contributed by atoms with van der Waals surface area (Å²) in [5, 5.41) is 16.4. The lowest BCUT2D eigenvalue weighted by atomic mass is 9.81. The minimum absolute atomic E-state index is 0.0254. The largest absolute Gasteiger partial charge is 0.378 e. The fraction of sp³-hybridized carbons (Fsp3) is 0.905. The Morgan fingerprint density at radius 3 is 2.60 bits per heavy atom. The Balaban J connectivity index is 2.12. The molecule has 30 heavy (non-hydrogen) atoms. The van der Waals surface area contributed by atoms with Crippen molar-refractivity contribution in [2.45, 2.75) is 77.4 Å². The van der Waals surface area contributed by atoms with Crippen LogP contribution in [0.3, 0.4) is 0 Å². The van der Waals surface area contributed by atoms with Crippen molar-refractivity contribution in [3.8, 4) is 0 Å². The van der Waals surface area contributed by atoms with Crippen LogP contribution in [0.4, 0.5) is 4.79 Å². The summed E-state index contributed by atoms with van der Waals surface area (Å²) in [5.41, 5.74) is -0.133. The number of unbranched alkanes of at least 4 members (excludes halogenated alkanes) is 1. The summed E-state index contributed by atoms with van der Waals surface area (Å²) in [4.78, 5) is 27.7. The number of ether oxygens (including phenoxy) is 3. The number of nitrogens with zero attached hydrogens (tertiary/aromatic N) is 1. The molecule has 2 heterocycles. The van der Waals surface area contributed by atoms with Gasteiger partial charge in [-0.2, -0.15) is 0 Å². The van der Waals surface area contributed by atoms with Gasteiger partial charge >= 0.3 is 6.03 Å². The van der Waals surface area contributed by atoms with Crippen molar-refractivity contribution in [1.29, 1.82) is 0 Å². The number of aliphatic hydroxyl groups is 1. The molecule has 2 aliphatic heterocycles. The van der Waals surface area contributed by atoms with E-state index in [2.05, 4.69) is 31.4 Å². The van der Waals surface area contributed by atoms with Crippen LogP contribution in [0, 0.1) is 5.41 Å². The standard InChI is InChI=1S/C21H39N3O6/c1-6-7-8-20(3,4)13-16(22-19(26)24-9-11-29-12-10-24)18(25)23-17-15(2)30-14-21(17,27)28-5/h15-17,27H,6-14H2,1-5H3,(H,22,26)(H,23,25)/t15-,16-,17?,21?/m0/s1. The van der Waals surface area contributed by atoms with Crippen molar-refractivity contribution in [3.63, 3.8) is 0 Å². The van der Waals surface area contributed by atoms with E-state index in [0.29, 0.717) is 32.7 Å². The molecule has 2 saturated heterocycles. The number of carbonyl (C=O) groups is 2. The molecule has 9 nitrogen and oxygen atoms in total. The molecule has 0 aromatic rings. The second kappa shape index (κ2) is 10.7. The van der Waals surface area contributed by atoms with Crippen LogP contribution in [0.1, 0.15) is 53.4 Å². The lowest BCUT2D eigenvalue weighted by Gasteiger charge is -2.34. The molecule has 9 heteroatoms. The molecule has 3 amide bonds. The molecule has 4 atom stereocenters. The zero-order valence-electron chi connectivity index (χ0n) is 19.0. The minimum atomic E-state index is -1.59. The Morgan fingerprint density at radius 1 is 1.33 bits per heavy atom. The third-order valence-corrected chi connectivity index (χ3v) is 6.04. The molecule has 0 spiro atoms.